The highest BCUT2D eigenvalue weighted by Crippen LogP contribution is 2.39. The van der Waals surface area contributed by atoms with Crippen LogP contribution in [0, 0.1) is 11.8 Å². The summed E-state index contributed by atoms with van der Waals surface area (Å²) < 4.78 is 0. The van der Waals surface area contributed by atoms with Gasteiger partial charge in [-0.15, -0.1) is 6.58 Å². The molecule has 16 heavy (non-hydrogen) atoms. The number of carbonyl (C=O) groups excluding carboxylic acids is 1. The second kappa shape index (κ2) is 4.52. The lowest BCUT2D eigenvalue weighted by Crippen LogP contribution is -2.32. The number of benzene rings is 1. The zero-order chi connectivity index (χ0) is 11.5. The number of anilines is 1. The average molecular weight is 215 g/mol. The molecule has 0 bridgehead atoms. The minimum absolute atomic E-state index is 0.222. The first-order chi connectivity index (χ1) is 7.74. The molecule has 1 amide bonds. The summed E-state index contributed by atoms with van der Waals surface area (Å²) in [7, 11) is 0. The summed E-state index contributed by atoms with van der Waals surface area (Å²) in [5.41, 5.74) is 0.964. The van der Waals surface area contributed by atoms with Crippen LogP contribution in [0.3, 0.4) is 0 Å². The summed E-state index contributed by atoms with van der Waals surface area (Å²) in [4.78, 5) is 14.0. The minimum atomic E-state index is 0.222. The van der Waals surface area contributed by atoms with Crippen LogP contribution in [0.4, 0.5) is 5.69 Å². The molecule has 2 nitrogen and oxygen atoms in total. The smallest absolute Gasteiger partial charge is 0.230 e. The predicted octanol–water partition coefficient (Wildman–Crippen LogP) is 2.86. The number of amides is 1. The Morgan fingerprint density at radius 2 is 2.12 bits per heavy atom. The summed E-state index contributed by atoms with van der Waals surface area (Å²) in [6.07, 6.45) is 2.80. The van der Waals surface area contributed by atoms with Gasteiger partial charge in [0.2, 0.25) is 5.91 Å². The molecular weight excluding hydrogens is 198 g/mol. The van der Waals surface area contributed by atoms with Gasteiger partial charge in [0.1, 0.15) is 0 Å². The number of para-hydroxylation sites is 1. The number of hydrogen-bond acceptors (Lipinski definition) is 1. The van der Waals surface area contributed by atoms with Crippen molar-refractivity contribution in [3.05, 3.63) is 43.0 Å². The van der Waals surface area contributed by atoms with E-state index >= 15 is 0 Å². The highest BCUT2D eigenvalue weighted by atomic mass is 16.2. The second-order valence-corrected chi connectivity index (χ2v) is 4.39. The molecule has 1 fully saturated rings. The Kier molecular flexibility index (Phi) is 3.09. The first kappa shape index (κ1) is 10.9. The van der Waals surface area contributed by atoms with Crippen molar-refractivity contribution in [3.63, 3.8) is 0 Å². The first-order valence-corrected chi connectivity index (χ1v) is 5.71. The van der Waals surface area contributed by atoms with Gasteiger partial charge in [-0.2, -0.15) is 0 Å². The average Bonchev–Trinajstić information content (AvgIpc) is 3.04. The van der Waals surface area contributed by atoms with Crippen LogP contribution in [0.2, 0.25) is 0 Å². The standard InChI is InChI=1S/C14H17NO/c1-3-9-15(12-7-5-4-6-8-12)14(16)13-10-11(13)2/h3-8,11,13H,1,9-10H2,2H3/t11-,13+/m0/s1. The molecule has 0 heterocycles. The normalized spacial score (nSPS) is 22.6. The quantitative estimate of drug-likeness (QED) is 0.707. The van der Waals surface area contributed by atoms with E-state index < -0.39 is 0 Å². The van der Waals surface area contributed by atoms with Gasteiger partial charge < -0.3 is 4.90 Å². The van der Waals surface area contributed by atoms with Gasteiger partial charge in [-0.3, -0.25) is 4.79 Å². The zero-order valence-corrected chi connectivity index (χ0v) is 9.60. The Balaban J connectivity index is 2.17. The lowest BCUT2D eigenvalue weighted by molar-refractivity contribution is -0.119. The number of nitrogens with zero attached hydrogens (tertiary/aromatic N) is 1. The molecule has 0 saturated heterocycles. The highest BCUT2D eigenvalue weighted by Gasteiger charge is 2.41. The van der Waals surface area contributed by atoms with E-state index in [1.165, 1.54) is 0 Å². The third-order valence-electron chi connectivity index (χ3n) is 3.07. The molecule has 2 heteroatoms. The number of hydrogen-bond donors (Lipinski definition) is 0. The van der Waals surface area contributed by atoms with Crippen molar-refractivity contribution in [3.8, 4) is 0 Å². The fraction of sp³-hybridized carbons (Fsp3) is 0.357. The monoisotopic (exact) mass is 215 g/mol. The van der Waals surface area contributed by atoms with E-state index in [9.17, 15) is 4.79 Å². The summed E-state index contributed by atoms with van der Waals surface area (Å²) in [6.45, 7) is 6.43. The molecule has 1 aromatic rings. The van der Waals surface area contributed by atoms with Crippen LogP contribution in [0.5, 0.6) is 0 Å². The Morgan fingerprint density at radius 3 is 2.62 bits per heavy atom. The molecule has 0 unspecified atom stereocenters. The van der Waals surface area contributed by atoms with Gasteiger partial charge in [0.15, 0.2) is 0 Å². The number of rotatable bonds is 4. The van der Waals surface area contributed by atoms with E-state index in [0.717, 1.165) is 12.1 Å². The Hall–Kier alpha value is -1.57. The van der Waals surface area contributed by atoms with Gasteiger partial charge in [0.05, 0.1) is 0 Å². The fourth-order valence-corrected chi connectivity index (χ4v) is 1.93. The maximum atomic E-state index is 12.2. The van der Waals surface area contributed by atoms with Crippen molar-refractivity contribution >= 4 is 11.6 Å². The van der Waals surface area contributed by atoms with E-state index in [2.05, 4.69) is 13.5 Å². The molecule has 0 N–H and O–H groups in total. The van der Waals surface area contributed by atoms with Gasteiger partial charge in [-0.05, 0) is 24.5 Å². The molecule has 84 valence electrons. The lowest BCUT2D eigenvalue weighted by atomic mass is 10.2. The van der Waals surface area contributed by atoms with Crippen LogP contribution in [0.25, 0.3) is 0 Å². The molecule has 0 radical (unpaired) electrons. The summed E-state index contributed by atoms with van der Waals surface area (Å²) in [5, 5.41) is 0. The molecule has 1 aromatic carbocycles. The SMILES string of the molecule is C=CCN(C(=O)[C@@H]1C[C@@H]1C)c1ccccc1. The van der Waals surface area contributed by atoms with Crippen LogP contribution >= 0.6 is 0 Å². The lowest BCUT2D eigenvalue weighted by Gasteiger charge is -2.21. The topological polar surface area (TPSA) is 20.3 Å². The summed E-state index contributed by atoms with van der Waals surface area (Å²) in [6, 6.07) is 9.80. The largest absolute Gasteiger partial charge is 0.308 e. The van der Waals surface area contributed by atoms with Gasteiger partial charge in [0.25, 0.3) is 0 Å². The third-order valence-corrected chi connectivity index (χ3v) is 3.07. The molecule has 2 rings (SSSR count). The van der Waals surface area contributed by atoms with E-state index in [1.54, 1.807) is 6.08 Å². The highest BCUT2D eigenvalue weighted by molar-refractivity contribution is 5.96. The molecule has 1 aliphatic rings. The predicted molar refractivity (Wildman–Crippen MR) is 66.3 cm³/mol. The second-order valence-electron chi connectivity index (χ2n) is 4.39. The molecular formula is C14H17NO. The van der Waals surface area contributed by atoms with Crippen LogP contribution in [0.15, 0.2) is 43.0 Å². The Labute approximate surface area is 96.6 Å². The first-order valence-electron chi connectivity index (χ1n) is 5.71. The molecule has 0 spiro atoms. The third kappa shape index (κ3) is 2.16. The van der Waals surface area contributed by atoms with Crippen molar-refractivity contribution in [1.82, 2.24) is 0 Å². The van der Waals surface area contributed by atoms with Crippen molar-refractivity contribution in [2.75, 3.05) is 11.4 Å². The maximum absolute atomic E-state index is 12.2. The molecule has 1 saturated carbocycles. The van der Waals surface area contributed by atoms with Gasteiger partial charge in [-0.25, -0.2) is 0 Å². The van der Waals surface area contributed by atoms with Crippen molar-refractivity contribution in [2.24, 2.45) is 11.8 Å². The van der Waals surface area contributed by atoms with E-state index in [0.29, 0.717) is 12.5 Å². The van der Waals surface area contributed by atoms with Crippen molar-refractivity contribution < 1.29 is 4.79 Å². The van der Waals surface area contributed by atoms with Crippen LogP contribution in [-0.2, 0) is 4.79 Å². The summed E-state index contributed by atoms with van der Waals surface area (Å²) in [5.74, 6) is 1.00. The van der Waals surface area contributed by atoms with Gasteiger partial charge in [-0.1, -0.05) is 31.2 Å². The molecule has 0 aliphatic heterocycles. The van der Waals surface area contributed by atoms with Crippen molar-refractivity contribution in [2.45, 2.75) is 13.3 Å². The molecule has 0 aromatic heterocycles. The fourth-order valence-electron chi connectivity index (χ4n) is 1.93. The van der Waals surface area contributed by atoms with Crippen LogP contribution < -0.4 is 4.90 Å². The van der Waals surface area contributed by atoms with Crippen LogP contribution in [-0.4, -0.2) is 12.5 Å². The maximum Gasteiger partial charge on any atom is 0.230 e. The van der Waals surface area contributed by atoms with Crippen molar-refractivity contribution in [1.29, 1.82) is 0 Å². The zero-order valence-electron chi connectivity index (χ0n) is 9.60. The minimum Gasteiger partial charge on any atom is -0.308 e. The molecule has 1 aliphatic carbocycles. The van der Waals surface area contributed by atoms with E-state index in [4.69, 9.17) is 0 Å². The summed E-state index contributed by atoms with van der Waals surface area (Å²) >= 11 is 0. The van der Waals surface area contributed by atoms with E-state index in [-0.39, 0.29) is 11.8 Å². The van der Waals surface area contributed by atoms with Gasteiger partial charge in [0, 0.05) is 18.2 Å². The molecule has 2 atom stereocenters. The Morgan fingerprint density at radius 1 is 1.50 bits per heavy atom. The Bertz CT molecular complexity index is 385. The number of carbonyl (C=O) groups is 1. The van der Waals surface area contributed by atoms with E-state index in [1.807, 2.05) is 35.2 Å². The van der Waals surface area contributed by atoms with Gasteiger partial charge >= 0.3 is 0 Å². The van der Waals surface area contributed by atoms with Crippen LogP contribution in [0.1, 0.15) is 13.3 Å².